The van der Waals surface area contributed by atoms with Crippen LogP contribution in [0.5, 0.6) is 5.75 Å². The summed E-state index contributed by atoms with van der Waals surface area (Å²) in [6.07, 6.45) is 1.82. The number of hydrogen-bond acceptors (Lipinski definition) is 4. The van der Waals surface area contributed by atoms with E-state index in [1.54, 1.807) is 18.2 Å². The zero-order chi connectivity index (χ0) is 20.4. The van der Waals surface area contributed by atoms with Crippen molar-refractivity contribution in [2.75, 3.05) is 13.7 Å². The van der Waals surface area contributed by atoms with E-state index in [9.17, 15) is 9.59 Å². The zero-order valence-electron chi connectivity index (χ0n) is 16.2. The molecule has 0 aliphatic heterocycles. The van der Waals surface area contributed by atoms with Gasteiger partial charge in [0.15, 0.2) is 0 Å². The van der Waals surface area contributed by atoms with Gasteiger partial charge in [0.05, 0.1) is 26.2 Å². The Bertz CT molecular complexity index is 794. The van der Waals surface area contributed by atoms with E-state index in [1.807, 2.05) is 37.3 Å². The summed E-state index contributed by atoms with van der Waals surface area (Å²) in [5.74, 6) is 0.294. The minimum absolute atomic E-state index is 0.0302. The predicted octanol–water partition coefficient (Wildman–Crippen LogP) is 4.62. The van der Waals surface area contributed by atoms with Crippen LogP contribution in [0.3, 0.4) is 0 Å². The number of ether oxygens (including phenoxy) is 2. The summed E-state index contributed by atoms with van der Waals surface area (Å²) in [7, 11) is 1.32. The molecule has 1 atom stereocenters. The van der Waals surface area contributed by atoms with Crippen molar-refractivity contribution < 1.29 is 19.1 Å². The molecule has 0 aliphatic carbocycles. The first-order valence-electron chi connectivity index (χ1n) is 9.29. The molecule has 2 aromatic rings. The van der Waals surface area contributed by atoms with Gasteiger partial charge in [-0.1, -0.05) is 41.9 Å². The van der Waals surface area contributed by atoms with Crippen molar-refractivity contribution in [3.63, 3.8) is 0 Å². The third kappa shape index (κ3) is 7.24. The molecule has 1 unspecified atom stereocenters. The maximum Gasteiger partial charge on any atom is 0.307 e. The van der Waals surface area contributed by atoms with Crippen LogP contribution in [0.15, 0.2) is 48.5 Å². The number of methoxy groups -OCH3 is 1. The average molecular weight is 404 g/mol. The summed E-state index contributed by atoms with van der Waals surface area (Å²) in [4.78, 5) is 24.1. The Balaban J connectivity index is 1.81. The molecule has 0 saturated carbocycles. The smallest absolute Gasteiger partial charge is 0.307 e. The van der Waals surface area contributed by atoms with E-state index >= 15 is 0 Å². The second kappa shape index (κ2) is 11.3. The van der Waals surface area contributed by atoms with E-state index in [1.165, 1.54) is 7.11 Å². The highest BCUT2D eigenvalue weighted by atomic mass is 35.5. The molecule has 150 valence electrons. The third-order valence-corrected chi connectivity index (χ3v) is 4.61. The fraction of sp³-hybridized carbons (Fsp3) is 0.364. The monoisotopic (exact) mass is 403 g/mol. The van der Waals surface area contributed by atoms with Gasteiger partial charge >= 0.3 is 5.97 Å². The second-order valence-electron chi connectivity index (χ2n) is 6.54. The average Bonchev–Trinajstić information content (AvgIpc) is 2.67. The van der Waals surface area contributed by atoms with Crippen molar-refractivity contribution in [1.29, 1.82) is 0 Å². The molecule has 28 heavy (non-hydrogen) atoms. The molecule has 0 bridgehead atoms. The van der Waals surface area contributed by atoms with Crippen molar-refractivity contribution in [3.8, 4) is 5.75 Å². The molecule has 1 N–H and O–H groups in total. The fourth-order valence-electron chi connectivity index (χ4n) is 2.80. The summed E-state index contributed by atoms with van der Waals surface area (Å²) >= 11 is 6.22. The van der Waals surface area contributed by atoms with Gasteiger partial charge in [0.25, 0.3) is 0 Å². The molecular weight excluding hydrogens is 378 g/mol. The Morgan fingerprint density at radius 2 is 1.89 bits per heavy atom. The molecule has 2 rings (SSSR count). The SMILES string of the molecule is COC(=O)CC(NC(=O)CCCCOc1cccc(C)c1)c1ccccc1Cl. The molecular formula is C22H26ClNO4. The van der Waals surface area contributed by atoms with Crippen LogP contribution in [0.4, 0.5) is 0 Å². The summed E-state index contributed by atoms with van der Waals surface area (Å²) < 4.78 is 10.4. The number of carbonyl (C=O) groups is 2. The van der Waals surface area contributed by atoms with Gasteiger partial charge in [-0.25, -0.2) is 0 Å². The summed E-state index contributed by atoms with van der Waals surface area (Å²) in [5.41, 5.74) is 1.85. The highest BCUT2D eigenvalue weighted by molar-refractivity contribution is 6.31. The Hall–Kier alpha value is -2.53. The molecule has 0 saturated heterocycles. The number of aryl methyl sites for hydroxylation is 1. The maximum absolute atomic E-state index is 12.3. The minimum Gasteiger partial charge on any atom is -0.494 e. The van der Waals surface area contributed by atoms with Crippen molar-refractivity contribution in [2.24, 2.45) is 0 Å². The highest BCUT2D eigenvalue weighted by Gasteiger charge is 2.20. The highest BCUT2D eigenvalue weighted by Crippen LogP contribution is 2.25. The van der Waals surface area contributed by atoms with Crippen molar-refractivity contribution in [3.05, 3.63) is 64.7 Å². The van der Waals surface area contributed by atoms with Crippen LogP contribution >= 0.6 is 11.6 Å². The number of hydrogen-bond donors (Lipinski definition) is 1. The van der Waals surface area contributed by atoms with E-state index in [4.69, 9.17) is 21.1 Å². The largest absolute Gasteiger partial charge is 0.494 e. The lowest BCUT2D eigenvalue weighted by Crippen LogP contribution is -2.30. The molecule has 0 heterocycles. The lowest BCUT2D eigenvalue weighted by Gasteiger charge is -2.19. The van der Waals surface area contributed by atoms with E-state index in [-0.39, 0.29) is 12.3 Å². The number of rotatable bonds is 10. The van der Waals surface area contributed by atoms with Crippen LogP contribution in [-0.2, 0) is 14.3 Å². The Morgan fingerprint density at radius 3 is 2.61 bits per heavy atom. The predicted molar refractivity (Wildman–Crippen MR) is 109 cm³/mol. The number of nitrogens with one attached hydrogen (secondary N) is 1. The van der Waals surface area contributed by atoms with Crippen LogP contribution in [-0.4, -0.2) is 25.6 Å². The molecule has 0 aromatic heterocycles. The molecule has 0 spiro atoms. The van der Waals surface area contributed by atoms with Crippen LogP contribution in [0.2, 0.25) is 5.02 Å². The standard InChI is InChI=1S/C22H26ClNO4/c1-16-8-7-9-17(14-16)28-13-6-5-12-21(25)24-20(15-22(26)27-2)18-10-3-4-11-19(18)23/h3-4,7-11,14,20H,5-6,12-13,15H2,1-2H3,(H,24,25). The first-order valence-corrected chi connectivity index (χ1v) is 9.67. The van der Waals surface area contributed by atoms with Gasteiger partial charge in [-0.2, -0.15) is 0 Å². The van der Waals surface area contributed by atoms with Gasteiger partial charge in [-0.15, -0.1) is 0 Å². The summed E-state index contributed by atoms with van der Waals surface area (Å²) in [6, 6.07) is 14.5. The van der Waals surface area contributed by atoms with Crippen LogP contribution in [0.1, 0.15) is 42.9 Å². The number of esters is 1. The lowest BCUT2D eigenvalue weighted by atomic mass is 10.0. The molecule has 0 aliphatic rings. The second-order valence-corrected chi connectivity index (χ2v) is 6.95. The van der Waals surface area contributed by atoms with Gasteiger partial charge in [0.1, 0.15) is 5.75 Å². The molecule has 5 nitrogen and oxygen atoms in total. The maximum atomic E-state index is 12.3. The Morgan fingerprint density at radius 1 is 1.11 bits per heavy atom. The number of halogens is 1. The van der Waals surface area contributed by atoms with Gasteiger partial charge in [0.2, 0.25) is 5.91 Å². The Labute approximate surface area is 171 Å². The Kier molecular flexibility index (Phi) is 8.82. The first kappa shape index (κ1) is 21.8. The quantitative estimate of drug-likeness (QED) is 0.464. The number of benzene rings is 2. The van der Waals surface area contributed by atoms with Crippen LogP contribution in [0.25, 0.3) is 0 Å². The van der Waals surface area contributed by atoms with Gasteiger partial charge in [-0.05, 0) is 49.1 Å². The summed E-state index contributed by atoms with van der Waals surface area (Å²) in [6.45, 7) is 2.56. The van der Waals surface area contributed by atoms with E-state index < -0.39 is 12.0 Å². The van der Waals surface area contributed by atoms with Gasteiger partial charge < -0.3 is 14.8 Å². The third-order valence-electron chi connectivity index (χ3n) is 4.27. The number of carbonyl (C=O) groups excluding carboxylic acids is 2. The first-order chi connectivity index (χ1) is 13.5. The van der Waals surface area contributed by atoms with Crippen molar-refractivity contribution >= 4 is 23.5 Å². The van der Waals surface area contributed by atoms with E-state index in [2.05, 4.69) is 5.32 Å². The van der Waals surface area contributed by atoms with Crippen molar-refractivity contribution in [1.82, 2.24) is 5.32 Å². The van der Waals surface area contributed by atoms with Gasteiger partial charge in [-0.3, -0.25) is 9.59 Å². The van der Waals surface area contributed by atoms with E-state index in [0.29, 0.717) is 30.0 Å². The lowest BCUT2D eigenvalue weighted by molar-refractivity contribution is -0.141. The minimum atomic E-state index is -0.516. The van der Waals surface area contributed by atoms with Crippen LogP contribution in [0, 0.1) is 6.92 Å². The normalized spacial score (nSPS) is 11.5. The topological polar surface area (TPSA) is 64.6 Å². The molecule has 0 fully saturated rings. The van der Waals surface area contributed by atoms with Crippen LogP contribution < -0.4 is 10.1 Å². The molecule has 0 radical (unpaired) electrons. The molecule has 1 amide bonds. The molecule has 2 aromatic carbocycles. The van der Waals surface area contributed by atoms with Gasteiger partial charge in [0, 0.05) is 11.4 Å². The zero-order valence-corrected chi connectivity index (χ0v) is 17.0. The number of amides is 1. The summed E-state index contributed by atoms with van der Waals surface area (Å²) in [5, 5.41) is 3.39. The number of unbranched alkanes of at least 4 members (excludes halogenated alkanes) is 1. The van der Waals surface area contributed by atoms with E-state index in [0.717, 1.165) is 17.7 Å². The molecule has 6 heteroatoms. The fourth-order valence-corrected chi connectivity index (χ4v) is 3.06. The van der Waals surface area contributed by atoms with Crippen molar-refractivity contribution in [2.45, 2.75) is 38.6 Å².